The molecule has 0 radical (unpaired) electrons. The maximum Gasteiger partial charge on any atom is 0.257 e. The topological polar surface area (TPSA) is 41.6 Å². The van der Waals surface area contributed by atoms with E-state index in [0.29, 0.717) is 12.3 Å². The zero-order valence-corrected chi connectivity index (χ0v) is 17.6. The van der Waals surface area contributed by atoms with Crippen LogP contribution in [0, 0.1) is 5.92 Å². The fraction of sp³-hybridized carbons (Fsp3) is 0.500. The second kappa shape index (κ2) is 10.1. The van der Waals surface area contributed by atoms with Crippen molar-refractivity contribution in [1.82, 2.24) is 10.2 Å². The van der Waals surface area contributed by atoms with Gasteiger partial charge in [0.15, 0.2) is 6.61 Å². The van der Waals surface area contributed by atoms with Crippen LogP contribution in [0.5, 0.6) is 5.75 Å². The van der Waals surface area contributed by atoms with E-state index in [2.05, 4.69) is 39.1 Å². The number of hydrogen-bond donors (Lipinski definition) is 1. The van der Waals surface area contributed by atoms with Crippen LogP contribution in [0.4, 0.5) is 0 Å². The van der Waals surface area contributed by atoms with Gasteiger partial charge in [0.2, 0.25) is 0 Å². The van der Waals surface area contributed by atoms with Crippen molar-refractivity contribution >= 4 is 32.6 Å². The lowest BCUT2D eigenvalue weighted by Crippen LogP contribution is -2.35. The molecular formula is C22H29BrN2O2. The molecule has 0 bridgehead atoms. The van der Waals surface area contributed by atoms with E-state index in [9.17, 15) is 4.79 Å². The van der Waals surface area contributed by atoms with Crippen LogP contribution in [0.3, 0.4) is 0 Å². The molecule has 1 atom stereocenters. The molecule has 0 aromatic heterocycles. The maximum absolute atomic E-state index is 12.0. The Morgan fingerprint density at radius 2 is 2.11 bits per heavy atom. The van der Waals surface area contributed by atoms with Crippen molar-refractivity contribution in [3.05, 3.63) is 40.9 Å². The number of unbranched alkanes of at least 4 members (excludes halogenated alkanes) is 1. The van der Waals surface area contributed by atoms with Gasteiger partial charge in [0.25, 0.3) is 5.91 Å². The van der Waals surface area contributed by atoms with E-state index in [1.807, 2.05) is 30.3 Å². The molecule has 2 aromatic carbocycles. The fourth-order valence-corrected chi connectivity index (χ4v) is 4.31. The SMILES string of the molecule is CC1CCCN(CCCCNC(=O)COc2ccc3ccccc3c2Br)C1. The van der Waals surface area contributed by atoms with Crippen LogP contribution in [0.1, 0.15) is 32.6 Å². The number of amides is 1. The summed E-state index contributed by atoms with van der Waals surface area (Å²) in [6.07, 6.45) is 4.82. The summed E-state index contributed by atoms with van der Waals surface area (Å²) in [6, 6.07) is 12.0. The molecule has 1 heterocycles. The van der Waals surface area contributed by atoms with Crippen LogP contribution >= 0.6 is 15.9 Å². The summed E-state index contributed by atoms with van der Waals surface area (Å²) in [5, 5.41) is 5.19. The third-order valence-corrected chi connectivity index (χ3v) is 5.97. The highest BCUT2D eigenvalue weighted by Crippen LogP contribution is 2.32. The molecule has 2 aromatic rings. The van der Waals surface area contributed by atoms with Crippen LogP contribution in [-0.4, -0.2) is 43.6 Å². The summed E-state index contributed by atoms with van der Waals surface area (Å²) < 4.78 is 6.60. The first kappa shape index (κ1) is 20.2. The van der Waals surface area contributed by atoms with Gasteiger partial charge in [-0.1, -0.05) is 37.3 Å². The van der Waals surface area contributed by atoms with Crippen LogP contribution in [0.2, 0.25) is 0 Å². The van der Waals surface area contributed by atoms with Gasteiger partial charge >= 0.3 is 0 Å². The van der Waals surface area contributed by atoms with Gasteiger partial charge in [0.1, 0.15) is 5.75 Å². The third-order valence-electron chi connectivity index (χ3n) is 5.15. The number of halogens is 1. The molecule has 5 heteroatoms. The number of nitrogens with zero attached hydrogens (tertiary/aromatic N) is 1. The molecular weight excluding hydrogens is 404 g/mol. The average molecular weight is 433 g/mol. The Kier molecular flexibility index (Phi) is 7.53. The highest BCUT2D eigenvalue weighted by molar-refractivity contribution is 9.10. The van der Waals surface area contributed by atoms with Gasteiger partial charge in [-0.3, -0.25) is 4.79 Å². The fourth-order valence-electron chi connectivity index (χ4n) is 3.70. The summed E-state index contributed by atoms with van der Waals surface area (Å²) in [4.78, 5) is 14.6. The number of benzene rings is 2. The van der Waals surface area contributed by atoms with Crippen LogP contribution in [0.15, 0.2) is 40.9 Å². The molecule has 1 aliphatic rings. The van der Waals surface area contributed by atoms with E-state index < -0.39 is 0 Å². The van der Waals surface area contributed by atoms with Crippen LogP contribution in [-0.2, 0) is 4.79 Å². The highest BCUT2D eigenvalue weighted by Gasteiger charge is 2.15. The smallest absolute Gasteiger partial charge is 0.257 e. The van der Waals surface area contributed by atoms with Crippen molar-refractivity contribution < 1.29 is 9.53 Å². The molecule has 27 heavy (non-hydrogen) atoms. The number of carbonyl (C=O) groups excluding carboxylic acids is 1. The van der Waals surface area contributed by atoms with E-state index in [0.717, 1.165) is 40.5 Å². The Labute approximate surface area is 170 Å². The third kappa shape index (κ3) is 5.94. The lowest BCUT2D eigenvalue weighted by atomic mass is 10.0. The average Bonchev–Trinajstić information content (AvgIpc) is 2.67. The molecule has 0 spiro atoms. The molecule has 1 N–H and O–H groups in total. The number of carbonyl (C=O) groups is 1. The van der Waals surface area contributed by atoms with E-state index in [1.165, 1.54) is 25.9 Å². The van der Waals surface area contributed by atoms with E-state index >= 15 is 0 Å². The summed E-state index contributed by atoms with van der Waals surface area (Å²) in [6.45, 7) is 6.68. The molecule has 1 unspecified atom stereocenters. The van der Waals surface area contributed by atoms with Crippen molar-refractivity contribution in [3.8, 4) is 5.75 Å². The van der Waals surface area contributed by atoms with Gasteiger partial charge in [-0.25, -0.2) is 0 Å². The van der Waals surface area contributed by atoms with E-state index in [-0.39, 0.29) is 12.5 Å². The van der Waals surface area contributed by atoms with Gasteiger partial charge < -0.3 is 15.0 Å². The normalized spacial score (nSPS) is 17.8. The molecule has 0 aliphatic carbocycles. The lowest BCUT2D eigenvalue weighted by molar-refractivity contribution is -0.123. The first-order chi connectivity index (χ1) is 13.1. The molecule has 0 saturated carbocycles. The number of piperidine rings is 1. The number of hydrogen-bond acceptors (Lipinski definition) is 3. The number of rotatable bonds is 8. The Balaban J connectivity index is 1.34. The number of fused-ring (bicyclic) bond motifs is 1. The van der Waals surface area contributed by atoms with Crippen molar-refractivity contribution in [2.45, 2.75) is 32.6 Å². The van der Waals surface area contributed by atoms with Gasteiger partial charge in [-0.2, -0.15) is 0 Å². The standard InChI is InChI=1S/C22H29BrN2O2/c1-17-7-6-14-25(15-17)13-5-4-12-24-21(26)16-27-20-11-10-18-8-2-3-9-19(18)22(20)23/h2-3,8-11,17H,4-7,12-16H2,1H3,(H,24,26). The first-order valence-electron chi connectivity index (χ1n) is 9.92. The van der Waals surface area contributed by atoms with E-state index in [4.69, 9.17) is 4.74 Å². The zero-order chi connectivity index (χ0) is 19.1. The molecule has 4 nitrogen and oxygen atoms in total. The summed E-state index contributed by atoms with van der Waals surface area (Å²) in [5.41, 5.74) is 0. The Hall–Kier alpha value is -1.59. The van der Waals surface area contributed by atoms with Gasteiger partial charge in [0, 0.05) is 13.1 Å². The molecule has 1 amide bonds. The number of nitrogens with one attached hydrogen (secondary N) is 1. The largest absolute Gasteiger partial charge is 0.483 e. The number of likely N-dealkylation sites (tertiary alicyclic amines) is 1. The van der Waals surface area contributed by atoms with Crippen molar-refractivity contribution in [2.24, 2.45) is 5.92 Å². The van der Waals surface area contributed by atoms with E-state index in [1.54, 1.807) is 0 Å². The second-order valence-corrected chi connectivity index (χ2v) is 8.29. The molecule has 1 saturated heterocycles. The zero-order valence-electron chi connectivity index (χ0n) is 16.0. The summed E-state index contributed by atoms with van der Waals surface area (Å²) in [5.74, 6) is 1.45. The summed E-state index contributed by atoms with van der Waals surface area (Å²) >= 11 is 3.59. The molecule has 3 rings (SSSR count). The van der Waals surface area contributed by atoms with Gasteiger partial charge in [-0.05, 0) is 77.5 Å². The minimum Gasteiger partial charge on any atom is -0.483 e. The Morgan fingerprint density at radius 3 is 2.96 bits per heavy atom. The van der Waals surface area contributed by atoms with Crippen molar-refractivity contribution in [3.63, 3.8) is 0 Å². The second-order valence-electron chi connectivity index (χ2n) is 7.49. The quantitative estimate of drug-likeness (QED) is 0.619. The minimum absolute atomic E-state index is 0.0422. The minimum atomic E-state index is -0.0679. The predicted molar refractivity (Wildman–Crippen MR) is 114 cm³/mol. The maximum atomic E-state index is 12.0. The van der Waals surface area contributed by atoms with Crippen molar-refractivity contribution in [2.75, 3.05) is 32.8 Å². The van der Waals surface area contributed by atoms with Crippen molar-refractivity contribution in [1.29, 1.82) is 0 Å². The Morgan fingerprint density at radius 1 is 1.26 bits per heavy atom. The predicted octanol–water partition coefficient (Wildman–Crippen LogP) is 4.61. The van der Waals surface area contributed by atoms with Crippen LogP contribution in [0.25, 0.3) is 10.8 Å². The Bertz CT molecular complexity index is 765. The first-order valence-corrected chi connectivity index (χ1v) is 10.7. The monoisotopic (exact) mass is 432 g/mol. The molecule has 1 aliphatic heterocycles. The summed E-state index contributed by atoms with van der Waals surface area (Å²) in [7, 11) is 0. The van der Waals surface area contributed by atoms with Gasteiger partial charge in [-0.15, -0.1) is 0 Å². The lowest BCUT2D eigenvalue weighted by Gasteiger charge is -2.30. The van der Waals surface area contributed by atoms with Gasteiger partial charge in [0.05, 0.1) is 4.47 Å². The van der Waals surface area contributed by atoms with Crippen LogP contribution < -0.4 is 10.1 Å². The number of ether oxygens (including phenoxy) is 1. The molecule has 1 fully saturated rings. The highest BCUT2D eigenvalue weighted by atomic mass is 79.9. The molecule has 146 valence electrons.